The molecule has 1 aromatic rings. The van der Waals surface area contributed by atoms with Crippen molar-refractivity contribution in [2.24, 2.45) is 10.8 Å². The summed E-state index contributed by atoms with van der Waals surface area (Å²) in [6.45, 7) is 0. The lowest BCUT2D eigenvalue weighted by Gasteiger charge is -2.28. The second-order valence-electron chi connectivity index (χ2n) is 3.62. The van der Waals surface area contributed by atoms with Crippen LogP contribution in [0.1, 0.15) is 5.56 Å². The number of carbonyl (C=O) groups is 1. The van der Waals surface area contributed by atoms with E-state index in [1.165, 1.54) is 18.2 Å². The maximum Gasteiger partial charge on any atom is 0.505 e. The highest BCUT2D eigenvalue weighted by Crippen LogP contribution is 2.34. The topological polar surface area (TPSA) is 70.7 Å². The molecule has 5 nitrogen and oxygen atoms in total. The Morgan fingerprint density at radius 1 is 1.39 bits per heavy atom. The van der Waals surface area contributed by atoms with Gasteiger partial charge in [-0.05, 0) is 11.6 Å². The summed E-state index contributed by atoms with van der Waals surface area (Å²) in [7, 11) is 0. The van der Waals surface area contributed by atoms with Gasteiger partial charge in [-0.15, -0.1) is 13.2 Å². The van der Waals surface area contributed by atoms with Crippen molar-refractivity contribution in [1.29, 1.82) is 0 Å². The molecule has 0 unspecified atom stereocenters. The molecule has 1 aliphatic heterocycles. The minimum absolute atomic E-state index is 0.0555. The van der Waals surface area contributed by atoms with Crippen LogP contribution in [0.4, 0.5) is 23.7 Å². The molecule has 1 aromatic carbocycles. The minimum Gasteiger partial charge on any atom is -0.351 e. The van der Waals surface area contributed by atoms with Crippen LogP contribution in [-0.4, -0.2) is 18.2 Å². The van der Waals surface area contributed by atoms with Crippen molar-refractivity contribution in [3.8, 4) is 0 Å². The quantitative estimate of drug-likeness (QED) is 0.693. The van der Waals surface area contributed by atoms with Crippen LogP contribution >= 0.6 is 0 Å². The van der Waals surface area contributed by atoms with Gasteiger partial charge in [0.2, 0.25) is 0 Å². The maximum absolute atomic E-state index is 12.8. The van der Waals surface area contributed by atoms with Gasteiger partial charge in [-0.2, -0.15) is 10.1 Å². The standard InChI is InChI=1S/C10H9F3N4O/c11-10(12,13)17-7-4-2-1-3-6(7)5-8(16-17)15-9(14)18/h1-4H,5H2,(H3,14,15,16,18). The second kappa shape index (κ2) is 4.21. The Labute approximate surface area is 100 Å². The Kier molecular flexibility index (Phi) is 2.85. The van der Waals surface area contributed by atoms with Gasteiger partial charge in [-0.3, -0.25) is 5.32 Å². The number of alkyl halides is 3. The highest BCUT2D eigenvalue weighted by atomic mass is 19.4. The van der Waals surface area contributed by atoms with Gasteiger partial charge in [0.1, 0.15) is 5.84 Å². The molecule has 1 heterocycles. The van der Waals surface area contributed by atoms with Crippen LogP contribution in [0.2, 0.25) is 0 Å². The van der Waals surface area contributed by atoms with Crippen molar-refractivity contribution in [3.05, 3.63) is 29.8 Å². The van der Waals surface area contributed by atoms with Gasteiger partial charge in [0, 0.05) is 6.42 Å². The number of nitrogens with zero attached hydrogens (tertiary/aromatic N) is 2. The van der Waals surface area contributed by atoms with Gasteiger partial charge >= 0.3 is 12.3 Å². The lowest BCUT2D eigenvalue weighted by atomic mass is 10.1. The van der Waals surface area contributed by atoms with Gasteiger partial charge in [-0.25, -0.2) is 4.79 Å². The molecule has 2 amide bonds. The molecule has 0 bridgehead atoms. The molecule has 0 aliphatic carbocycles. The number of nitrogens with two attached hydrogens (primary N) is 1. The van der Waals surface area contributed by atoms with Crippen LogP contribution in [0.5, 0.6) is 0 Å². The SMILES string of the molecule is NC(=O)NC1=NN(C(F)(F)F)c2ccccc2C1. The van der Waals surface area contributed by atoms with Crippen LogP contribution in [0, 0.1) is 0 Å². The third kappa shape index (κ3) is 2.36. The molecule has 0 atom stereocenters. The molecule has 0 saturated heterocycles. The third-order valence-corrected chi connectivity index (χ3v) is 2.31. The fourth-order valence-electron chi connectivity index (χ4n) is 1.66. The summed E-state index contributed by atoms with van der Waals surface area (Å²) in [4.78, 5) is 10.7. The molecular formula is C10H9F3N4O. The summed E-state index contributed by atoms with van der Waals surface area (Å²) >= 11 is 0. The minimum atomic E-state index is -4.67. The fraction of sp³-hybridized carbons (Fsp3) is 0.200. The largest absolute Gasteiger partial charge is 0.505 e. The number of amides is 2. The number of para-hydroxylation sites is 1. The van der Waals surface area contributed by atoms with Crippen molar-refractivity contribution < 1.29 is 18.0 Å². The third-order valence-electron chi connectivity index (χ3n) is 2.31. The number of nitrogens with one attached hydrogen (secondary N) is 1. The first-order valence-corrected chi connectivity index (χ1v) is 4.97. The fourth-order valence-corrected chi connectivity index (χ4v) is 1.66. The number of rotatable bonds is 0. The van der Waals surface area contributed by atoms with Crippen molar-refractivity contribution >= 4 is 17.6 Å². The summed E-state index contributed by atoms with van der Waals surface area (Å²) < 4.78 is 38.4. The predicted molar refractivity (Wildman–Crippen MR) is 58.8 cm³/mol. The van der Waals surface area contributed by atoms with E-state index in [1.807, 2.05) is 0 Å². The summed E-state index contributed by atoms with van der Waals surface area (Å²) in [5.74, 6) is -0.140. The van der Waals surface area contributed by atoms with E-state index in [2.05, 4.69) is 10.4 Å². The lowest BCUT2D eigenvalue weighted by Crippen LogP contribution is -2.44. The number of halogens is 3. The molecular weight excluding hydrogens is 249 g/mol. The summed E-state index contributed by atoms with van der Waals surface area (Å²) in [5.41, 5.74) is 5.22. The van der Waals surface area contributed by atoms with Crippen LogP contribution < -0.4 is 16.1 Å². The van der Waals surface area contributed by atoms with Crippen molar-refractivity contribution in [2.45, 2.75) is 12.7 Å². The molecule has 3 N–H and O–H groups in total. The number of hydrogen-bond acceptors (Lipinski definition) is 3. The van der Waals surface area contributed by atoms with E-state index in [1.54, 1.807) is 6.07 Å². The van der Waals surface area contributed by atoms with Gasteiger partial charge < -0.3 is 5.73 Å². The van der Waals surface area contributed by atoms with Crippen molar-refractivity contribution in [3.63, 3.8) is 0 Å². The number of fused-ring (bicyclic) bond motifs is 1. The van der Waals surface area contributed by atoms with Crippen LogP contribution in [0.3, 0.4) is 0 Å². The Morgan fingerprint density at radius 2 is 2.06 bits per heavy atom. The Hall–Kier alpha value is -2.25. The Morgan fingerprint density at radius 3 is 2.67 bits per heavy atom. The molecule has 8 heteroatoms. The summed E-state index contributed by atoms with van der Waals surface area (Å²) in [6, 6.07) is 4.99. The van der Waals surface area contributed by atoms with Crippen LogP contribution in [0.25, 0.3) is 0 Å². The second-order valence-corrected chi connectivity index (χ2v) is 3.62. The monoisotopic (exact) mass is 258 g/mol. The number of hydrazone groups is 1. The average molecular weight is 258 g/mol. The number of carbonyl (C=O) groups excluding carboxylic acids is 1. The molecule has 0 aromatic heterocycles. The number of urea groups is 1. The highest BCUT2D eigenvalue weighted by Gasteiger charge is 2.41. The number of benzene rings is 1. The van der Waals surface area contributed by atoms with E-state index in [4.69, 9.17) is 5.73 Å². The van der Waals surface area contributed by atoms with Gasteiger partial charge in [-0.1, -0.05) is 18.2 Å². The predicted octanol–water partition coefficient (Wildman–Crippen LogP) is 1.55. The zero-order valence-electron chi connectivity index (χ0n) is 9.03. The maximum atomic E-state index is 12.8. The zero-order chi connectivity index (χ0) is 13.3. The van der Waals surface area contributed by atoms with E-state index in [9.17, 15) is 18.0 Å². The lowest BCUT2D eigenvalue weighted by molar-refractivity contribution is -0.129. The molecule has 0 fully saturated rings. The summed E-state index contributed by atoms with van der Waals surface area (Å²) in [6.07, 6.45) is -4.58. The molecule has 0 saturated carbocycles. The molecule has 0 radical (unpaired) electrons. The van der Waals surface area contributed by atoms with E-state index in [0.29, 0.717) is 5.56 Å². The molecule has 96 valence electrons. The van der Waals surface area contributed by atoms with Crippen LogP contribution in [0.15, 0.2) is 29.4 Å². The zero-order valence-corrected chi connectivity index (χ0v) is 9.03. The normalized spacial score (nSPS) is 14.8. The molecule has 0 spiro atoms. The van der Waals surface area contributed by atoms with Gasteiger partial charge in [0.15, 0.2) is 0 Å². The Bertz CT molecular complexity index is 512. The smallest absolute Gasteiger partial charge is 0.351 e. The van der Waals surface area contributed by atoms with E-state index in [-0.39, 0.29) is 23.0 Å². The number of amidine groups is 1. The van der Waals surface area contributed by atoms with E-state index >= 15 is 0 Å². The number of hydrogen-bond donors (Lipinski definition) is 2. The van der Waals surface area contributed by atoms with Gasteiger partial charge in [0.25, 0.3) is 0 Å². The first-order valence-electron chi connectivity index (χ1n) is 4.97. The number of primary amides is 1. The van der Waals surface area contributed by atoms with E-state index in [0.717, 1.165) is 0 Å². The van der Waals surface area contributed by atoms with Crippen molar-refractivity contribution in [1.82, 2.24) is 5.32 Å². The van der Waals surface area contributed by atoms with Crippen molar-refractivity contribution in [2.75, 3.05) is 5.01 Å². The summed E-state index contributed by atoms with van der Waals surface area (Å²) in [5, 5.41) is 5.33. The molecule has 2 rings (SSSR count). The molecule has 18 heavy (non-hydrogen) atoms. The first-order chi connectivity index (χ1) is 8.38. The van der Waals surface area contributed by atoms with E-state index < -0.39 is 12.3 Å². The Balaban J connectivity index is 2.42. The van der Waals surface area contributed by atoms with Crippen LogP contribution in [-0.2, 0) is 6.42 Å². The van der Waals surface area contributed by atoms with Gasteiger partial charge in [0.05, 0.1) is 5.69 Å². The number of anilines is 1. The molecule has 1 aliphatic rings. The highest BCUT2D eigenvalue weighted by molar-refractivity contribution is 5.99. The first kappa shape index (κ1) is 12.2. The average Bonchev–Trinajstić information content (AvgIpc) is 2.25.